The first-order valence-corrected chi connectivity index (χ1v) is 3.88. The highest BCUT2D eigenvalue weighted by Crippen LogP contribution is 2.08. The molecule has 0 unspecified atom stereocenters. The zero-order valence-electron chi connectivity index (χ0n) is 7.94. The van der Waals surface area contributed by atoms with Crippen molar-refractivity contribution >= 4 is 11.8 Å². The normalized spacial score (nSPS) is 9.46. The molecule has 0 aliphatic heterocycles. The molecule has 0 radical (unpaired) electrons. The van der Waals surface area contributed by atoms with E-state index in [-0.39, 0.29) is 0 Å². The minimum atomic E-state index is -0.413. The van der Waals surface area contributed by atoms with Crippen molar-refractivity contribution in [2.75, 3.05) is 26.1 Å². The second kappa shape index (κ2) is 3.89. The number of carbonyl (C=O) groups is 1. The van der Waals surface area contributed by atoms with Crippen LogP contribution in [0.15, 0.2) is 18.2 Å². The van der Waals surface area contributed by atoms with E-state index in [1.54, 1.807) is 12.1 Å². The summed E-state index contributed by atoms with van der Waals surface area (Å²) in [4.78, 5) is 17.0. The zero-order valence-corrected chi connectivity index (χ0v) is 7.94. The van der Waals surface area contributed by atoms with Crippen LogP contribution >= 0.6 is 0 Å². The van der Waals surface area contributed by atoms with Gasteiger partial charge in [0, 0.05) is 14.1 Å². The fraction of sp³-hybridized carbons (Fsp3) is 0.333. The number of carbonyl (C=O) groups excluding carboxylic acids is 1. The largest absolute Gasteiger partial charge is 0.464 e. The monoisotopic (exact) mass is 180 g/mol. The van der Waals surface area contributed by atoms with E-state index in [1.165, 1.54) is 7.11 Å². The molecule has 4 heteroatoms. The molecular formula is C9H12N2O2. The van der Waals surface area contributed by atoms with E-state index >= 15 is 0 Å². The molecule has 0 aromatic carbocycles. The summed E-state index contributed by atoms with van der Waals surface area (Å²) < 4.78 is 4.55. The van der Waals surface area contributed by atoms with Crippen molar-refractivity contribution in [1.29, 1.82) is 0 Å². The highest BCUT2D eigenvalue weighted by atomic mass is 16.5. The van der Waals surface area contributed by atoms with Gasteiger partial charge in [0.2, 0.25) is 0 Å². The Kier molecular flexibility index (Phi) is 2.84. The minimum Gasteiger partial charge on any atom is -0.464 e. The Bertz CT molecular complexity index is 310. The van der Waals surface area contributed by atoms with E-state index in [1.807, 2.05) is 25.1 Å². The van der Waals surface area contributed by atoms with Crippen LogP contribution in [-0.2, 0) is 4.74 Å². The first-order valence-electron chi connectivity index (χ1n) is 3.88. The predicted molar refractivity (Wildman–Crippen MR) is 49.9 cm³/mol. The van der Waals surface area contributed by atoms with Crippen LogP contribution < -0.4 is 4.90 Å². The number of nitrogens with zero attached hydrogens (tertiary/aromatic N) is 2. The van der Waals surface area contributed by atoms with Gasteiger partial charge >= 0.3 is 5.97 Å². The number of hydrogen-bond donors (Lipinski definition) is 0. The van der Waals surface area contributed by atoms with E-state index in [0.29, 0.717) is 5.69 Å². The maximum Gasteiger partial charge on any atom is 0.356 e. The highest BCUT2D eigenvalue weighted by Gasteiger charge is 2.07. The van der Waals surface area contributed by atoms with Crippen LogP contribution in [0.2, 0.25) is 0 Å². The molecular weight excluding hydrogens is 168 g/mol. The quantitative estimate of drug-likeness (QED) is 0.635. The molecule has 0 amide bonds. The summed E-state index contributed by atoms with van der Waals surface area (Å²) in [6, 6.07) is 5.22. The lowest BCUT2D eigenvalue weighted by molar-refractivity contribution is 0.0594. The van der Waals surface area contributed by atoms with Crippen molar-refractivity contribution in [3.63, 3.8) is 0 Å². The van der Waals surface area contributed by atoms with Gasteiger partial charge in [-0.15, -0.1) is 0 Å². The van der Waals surface area contributed by atoms with Gasteiger partial charge < -0.3 is 9.64 Å². The van der Waals surface area contributed by atoms with Gasteiger partial charge in [0.15, 0.2) is 5.69 Å². The Morgan fingerprint density at radius 1 is 1.46 bits per heavy atom. The molecule has 0 aliphatic carbocycles. The lowest BCUT2D eigenvalue weighted by atomic mass is 10.3. The Hall–Kier alpha value is -1.58. The Morgan fingerprint density at radius 3 is 2.69 bits per heavy atom. The Labute approximate surface area is 77.1 Å². The standard InChI is InChI=1S/C9H12N2O2/c1-11(2)8-6-4-5-7(10-8)9(12)13-3/h4-6H,1-3H3. The molecule has 4 nitrogen and oxygen atoms in total. The van der Waals surface area contributed by atoms with E-state index in [9.17, 15) is 4.79 Å². The van der Waals surface area contributed by atoms with Gasteiger partial charge in [0.25, 0.3) is 0 Å². The van der Waals surface area contributed by atoms with Crippen molar-refractivity contribution in [2.45, 2.75) is 0 Å². The van der Waals surface area contributed by atoms with Crippen molar-refractivity contribution in [3.8, 4) is 0 Å². The number of pyridine rings is 1. The lowest BCUT2D eigenvalue weighted by Gasteiger charge is -2.11. The van der Waals surface area contributed by atoms with Gasteiger partial charge in [-0.25, -0.2) is 9.78 Å². The first-order chi connectivity index (χ1) is 6.15. The van der Waals surface area contributed by atoms with Crippen LogP contribution in [0.4, 0.5) is 5.82 Å². The molecule has 0 N–H and O–H groups in total. The summed E-state index contributed by atoms with van der Waals surface area (Å²) in [5.41, 5.74) is 0.328. The molecule has 70 valence electrons. The third kappa shape index (κ3) is 2.18. The summed E-state index contributed by atoms with van der Waals surface area (Å²) in [7, 11) is 5.07. The maximum atomic E-state index is 11.1. The second-order valence-corrected chi connectivity index (χ2v) is 2.77. The van der Waals surface area contributed by atoms with E-state index in [4.69, 9.17) is 0 Å². The van der Waals surface area contributed by atoms with Gasteiger partial charge in [-0.2, -0.15) is 0 Å². The highest BCUT2D eigenvalue weighted by molar-refractivity contribution is 5.87. The maximum absolute atomic E-state index is 11.1. The molecule has 1 rings (SSSR count). The molecule has 1 heterocycles. The molecule has 0 spiro atoms. The Morgan fingerprint density at radius 2 is 2.15 bits per heavy atom. The summed E-state index contributed by atoms with van der Waals surface area (Å²) in [6.45, 7) is 0. The van der Waals surface area contributed by atoms with Crippen molar-refractivity contribution < 1.29 is 9.53 Å². The van der Waals surface area contributed by atoms with Gasteiger partial charge in [0.05, 0.1) is 7.11 Å². The van der Waals surface area contributed by atoms with Gasteiger partial charge in [-0.1, -0.05) is 6.07 Å². The molecule has 0 aliphatic rings. The molecule has 13 heavy (non-hydrogen) atoms. The smallest absolute Gasteiger partial charge is 0.356 e. The SMILES string of the molecule is COC(=O)c1cccc(N(C)C)n1. The number of ether oxygens (including phenoxy) is 1. The van der Waals surface area contributed by atoms with Crippen LogP contribution in [0.1, 0.15) is 10.5 Å². The molecule has 0 bridgehead atoms. The minimum absolute atomic E-state index is 0.328. The summed E-state index contributed by atoms with van der Waals surface area (Å²) in [5, 5.41) is 0. The fourth-order valence-corrected chi connectivity index (χ4v) is 0.891. The molecule has 1 aromatic rings. The topological polar surface area (TPSA) is 42.4 Å². The number of anilines is 1. The zero-order chi connectivity index (χ0) is 9.84. The van der Waals surface area contributed by atoms with Crippen molar-refractivity contribution in [1.82, 2.24) is 4.98 Å². The average molecular weight is 180 g/mol. The van der Waals surface area contributed by atoms with E-state index < -0.39 is 5.97 Å². The molecule has 1 aromatic heterocycles. The second-order valence-electron chi connectivity index (χ2n) is 2.77. The third-order valence-electron chi connectivity index (χ3n) is 1.59. The number of esters is 1. The first kappa shape index (κ1) is 9.51. The van der Waals surface area contributed by atoms with E-state index in [2.05, 4.69) is 9.72 Å². The van der Waals surface area contributed by atoms with E-state index in [0.717, 1.165) is 5.82 Å². The number of aromatic nitrogens is 1. The molecule has 0 saturated carbocycles. The number of hydrogen-bond acceptors (Lipinski definition) is 4. The van der Waals surface area contributed by atoms with Gasteiger partial charge in [-0.3, -0.25) is 0 Å². The lowest BCUT2D eigenvalue weighted by Crippen LogP contribution is -2.13. The van der Waals surface area contributed by atoms with Crippen LogP contribution in [0.25, 0.3) is 0 Å². The number of rotatable bonds is 2. The summed E-state index contributed by atoms with van der Waals surface area (Å²) >= 11 is 0. The predicted octanol–water partition coefficient (Wildman–Crippen LogP) is 0.934. The third-order valence-corrected chi connectivity index (χ3v) is 1.59. The molecule has 0 saturated heterocycles. The van der Waals surface area contributed by atoms with Crippen molar-refractivity contribution in [3.05, 3.63) is 23.9 Å². The fourth-order valence-electron chi connectivity index (χ4n) is 0.891. The average Bonchev–Trinajstić information content (AvgIpc) is 2.17. The van der Waals surface area contributed by atoms with Gasteiger partial charge in [-0.05, 0) is 12.1 Å². The Balaban J connectivity index is 2.98. The summed E-state index contributed by atoms with van der Waals surface area (Å²) in [5.74, 6) is 0.326. The van der Waals surface area contributed by atoms with Crippen LogP contribution in [0, 0.1) is 0 Å². The molecule has 0 atom stereocenters. The van der Waals surface area contributed by atoms with Crippen molar-refractivity contribution in [2.24, 2.45) is 0 Å². The summed E-state index contributed by atoms with van der Waals surface area (Å²) in [6.07, 6.45) is 0. The number of methoxy groups -OCH3 is 1. The molecule has 0 fully saturated rings. The van der Waals surface area contributed by atoms with Crippen LogP contribution in [-0.4, -0.2) is 32.2 Å². The van der Waals surface area contributed by atoms with Crippen LogP contribution in [0.5, 0.6) is 0 Å². The van der Waals surface area contributed by atoms with Crippen LogP contribution in [0.3, 0.4) is 0 Å². The van der Waals surface area contributed by atoms with Gasteiger partial charge in [0.1, 0.15) is 5.82 Å².